The first-order valence-corrected chi connectivity index (χ1v) is 7.26. The number of nitrogens with one attached hydrogen (secondary N) is 2. The van der Waals surface area contributed by atoms with Crippen molar-refractivity contribution in [2.45, 2.75) is 26.2 Å². The number of amides is 1. The zero-order valence-electron chi connectivity index (χ0n) is 12.4. The van der Waals surface area contributed by atoms with Gasteiger partial charge in [-0.2, -0.15) is 0 Å². The van der Waals surface area contributed by atoms with E-state index in [2.05, 4.69) is 16.7 Å². The monoisotopic (exact) mass is 276 g/mol. The van der Waals surface area contributed by atoms with Crippen LogP contribution in [0.3, 0.4) is 0 Å². The van der Waals surface area contributed by atoms with Gasteiger partial charge in [0.2, 0.25) is 5.91 Å². The first-order valence-electron chi connectivity index (χ1n) is 7.26. The smallest absolute Gasteiger partial charge is 0.227 e. The quantitative estimate of drug-likeness (QED) is 0.861. The first-order chi connectivity index (χ1) is 9.64. The molecule has 2 N–H and O–H groups in total. The van der Waals surface area contributed by atoms with Crippen LogP contribution < -0.4 is 15.4 Å². The maximum absolute atomic E-state index is 12.3. The van der Waals surface area contributed by atoms with Gasteiger partial charge >= 0.3 is 0 Å². The van der Waals surface area contributed by atoms with E-state index in [0.29, 0.717) is 6.54 Å². The summed E-state index contributed by atoms with van der Waals surface area (Å²) in [4.78, 5) is 12.3. The molecule has 4 nitrogen and oxygen atoms in total. The van der Waals surface area contributed by atoms with Crippen LogP contribution in [0.15, 0.2) is 24.3 Å². The maximum atomic E-state index is 12.3. The van der Waals surface area contributed by atoms with Gasteiger partial charge in [0.05, 0.1) is 12.5 Å². The molecule has 0 spiro atoms. The molecule has 1 fully saturated rings. The van der Waals surface area contributed by atoms with E-state index < -0.39 is 0 Å². The van der Waals surface area contributed by atoms with E-state index in [-0.39, 0.29) is 11.3 Å². The van der Waals surface area contributed by atoms with Gasteiger partial charge in [-0.05, 0) is 50.4 Å². The van der Waals surface area contributed by atoms with E-state index in [4.69, 9.17) is 4.74 Å². The summed E-state index contributed by atoms with van der Waals surface area (Å²) in [6, 6.07) is 7.97. The zero-order chi connectivity index (χ0) is 14.4. The van der Waals surface area contributed by atoms with E-state index in [1.165, 1.54) is 5.56 Å². The molecule has 0 aromatic heterocycles. The lowest BCUT2D eigenvalue weighted by Crippen LogP contribution is -2.49. The molecule has 1 heterocycles. The molecule has 1 aliphatic heterocycles. The highest BCUT2D eigenvalue weighted by atomic mass is 16.5. The molecular weight excluding hydrogens is 252 g/mol. The van der Waals surface area contributed by atoms with E-state index in [1.807, 2.05) is 25.1 Å². The van der Waals surface area contributed by atoms with Gasteiger partial charge in [-0.15, -0.1) is 0 Å². The lowest BCUT2D eigenvalue weighted by molar-refractivity contribution is -0.131. The molecule has 0 radical (unpaired) electrons. The Kier molecular flexibility index (Phi) is 5.01. The minimum Gasteiger partial charge on any atom is -0.497 e. The Hall–Kier alpha value is -1.55. The Balaban J connectivity index is 1.81. The highest BCUT2D eigenvalue weighted by Gasteiger charge is 2.34. The number of ether oxygens (including phenoxy) is 1. The average molecular weight is 276 g/mol. The molecule has 1 amide bonds. The molecule has 1 aliphatic rings. The van der Waals surface area contributed by atoms with Crippen LogP contribution in [0, 0.1) is 5.41 Å². The number of hydrogen-bond acceptors (Lipinski definition) is 3. The minimum atomic E-state index is -0.257. The fraction of sp³-hybridized carbons (Fsp3) is 0.562. The second kappa shape index (κ2) is 6.75. The fourth-order valence-corrected chi connectivity index (χ4v) is 2.61. The van der Waals surface area contributed by atoms with Crippen molar-refractivity contribution in [3.05, 3.63) is 29.8 Å². The predicted octanol–water partition coefficient (Wildman–Crippen LogP) is 1.74. The summed E-state index contributed by atoms with van der Waals surface area (Å²) in [6.45, 7) is 4.51. The molecule has 1 aromatic rings. The summed E-state index contributed by atoms with van der Waals surface area (Å²) in [5, 5.41) is 6.36. The van der Waals surface area contributed by atoms with Crippen molar-refractivity contribution in [2.24, 2.45) is 5.41 Å². The molecule has 1 unspecified atom stereocenters. The third-order valence-electron chi connectivity index (χ3n) is 3.98. The van der Waals surface area contributed by atoms with Crippen molar-refractivity contribution in [3.63, 3.8) is 0 Å². The molecule has 20 heavy (non-hydrogen) atoms. The van der Waals surface area contributed by atoms with E-state index >= 15 is 0 Å². The highest BCUT2D eigenvalue weighted by Crippen LogP contribution is 2.25. The Morgan fingerprint density at radius 2 is 2.35 bits per heavy atom. The SMILES string of the molecule is COc1cccc(CCNC(=O)C2(C)CCCNC2)c1. The van der Waals surface area contributed by atoms with Gasteiger partial charge in [-0.3, -0.25) is 4.79 Å². The first kappa shape index (κ1) is 14.9. The van der Waals surface area contributed by atoms with Crippen molar-refractivity contribution >= 4 is 5.91 Å². The summed E-state index contributed by atoms with van der Waals surface area (Å²) in [7, 11) is 1.66. The van der Waals surface area contributed by atoms with Crippen molar-refractivity contribution in [1.29, 1.82) is 0 Å². The van der Waals surface area contributed by atoms with Gasteiger partial charge in [0.25, 0.3) is 0 Å². The van der Waals surface area contributed by atoms with E-state index in [0.717, 1.165) is 38.1 Å². The van der Waals surface area contributed by atoms with Crippen molar-refractivity contribution in [2.75, 3.05) is 26.7 Å². The molecule has 1 atom stereocenters. The van der Waals surface area contributed by atoms with Crippen LogP contribution >= 0.6 is 0 Å². The third kappa shape index (κ3) is 3.73. The number of benzene rings is 1. The largest absolute Gasteiger partial charge is 0.497 e. The van der Waals surface area contributed by atoms with Crippen LogP contribution in [0.4, 0.5) is 0 Å². The van der Waals surface area contributed by atoms with Crippen LogP contribution in [0.5, 0.6) is 5.75 Å². The molecule has 2 rings (SSSR count). The number of hydrogen-bond donors (Lipinski definition) is 2. The van der Waals surface area contributed by atoms with Gasteiger partial charge < -0.3 is 15.4 Å². The summed E-state index contributed by atoms with van der Waals surface area (Å²) >= 11 is 0. The summed E-state index contributed by atoms with van der Waals surface area (Å²) < 4.78 is 5.20. The predicted molar refractivity (Wildman–Crippen MR) is 79.9 cm³/mol. The maximum Gasteiger partial charge on any atom is 0.227 e. The van der Waals surface area contributed by atoms with Crippen LogP contribution in [0.25, 0.3) is 0 Å². The second-order valence-corrected chi connectivity index (χ2v) is 5.70. The van der Waals surface area contributed by atoms with Crippen LogP contribution in [-0.4, -0.2) is 32.7 Å². The van der Waals surface area contributed by atoms with E-state index in [9.17, 15) is 4.79 Å². The molecule has 0 saturated carbocycles. The zero-order valence-corrected chi connectivity index (χ0v) is 12.4. The molecule has 0 aliphatic carbocycles. The average Bonchev–Trinajstić information content (AvgIpc) is 2.48. The lowest BCUT2D eigenvalue weighted by Gasteiger charge is -2.32. The third-order valence-corrected chi connectivity index (χ3v) is 3.98. The lowest BCUT2D eigenvalue weighted by atomic mass is 9.82. The molecule has 1 saturated heterocycles. The Morgan fingerprint density at radius 3 is 3.05 bits per heavy atom. The number of rotatable bonds is 5. The molecule has 1 aromatic carbocycles. The number of carbonyl (C=O) groups excluding carboxylic acids is 1. The highest BCUT2D eigenvalue weighted by molar-refractivity contribution is 5.82. The van der Waals surface area contributed by atoms with Crippen LogP contribution in [0.1, 0.15) is 25.3 Å². The fourth-order valence-electron chi connectivity index (χ4n) is 2.61. The van der Waals surface area contributed by atoms with E-state index in [1.54, 1.807) is 7.11 Å². The van der Waals surface area contributed by atoms with Crippen LogP contribution in [0.2, 0.25) is 0 Å². The van der Waals surface area contributed by atoms with Crippen molar-refractivity contribution in [1.82, 2.24) is 10.6 Å². The van der Waals surface area contributed by atoms with Gasteiger partial charge in [0.15, 0.2) is 0 Å². The van der Waals surface area contributed by atoms with Crippen molar-refractivity contribution < 1.29 is 9.53 Å². The number of methoxy groups -OCH3 is 1. The van der Waals surface area contributed by atoms with Gasteiger partial charge in [-0.1, -0.05) is 12.1 Å². The summed E-state index contributed by atoms with van der Waals surface area (Å²) in [6.07, 6.45) is 2.86. The Labute approximate surface area is 120 Å². The van der Waals surface area contributed by atoms with Gasteiger partial charge in [-0.25, -0.2) is 0 Å². The standard InChI is InChI=1S/C16H24N2O2/c1-16(8-4-9-17-12-16)15(19)18-10-7-13-5-3-6-14(11-13)20-2/h3,5-6,11,17H,4,7-10,12H2,1-2H3,(H,18,19). The molecule has 0 bridgehead atoms. The summed E-state index contributed by atoms with van der Waals surface area (Å²) in [5.41, 5.74) is 0.920. The molecule has 4 heteroatoms. The number of carbonyl (C=O) groups is 1. The minimum absolute atomic E-state index is 0.160. The topological polar surface area (TPSA) is 50.4 Å². The van der Waals surface area contributed by atoms with Crippen molar-refractivity contribution in [3.8, 4) is 5.75 Å². The van der Waals surface area contributed by atoms with Crippen LogP contribution in [-0.2, 0) is 11.2 Å². The normalized spacial score (nSPS) is 22.3. The van der Waals surface area contributed by atoms with Gasteiger partial charge in [0, 0.05) is 13.1 Å². The summed E-state index contributed by atoms with van der Waals surface area (Å²) in [5.74, 6) is 1.02. The number of piperidine rings is 1. The Bertz CT molecular complexity index is 454. The second-order valence-electron chi connectivity index (χ2n) is 5.70. The molecular formula is C16H24N2O2. The van der Waals surface area contributed by atoms with Gasteiger partial charge in [0.1, 0.15) is 5.75 Å². The molecule has 110 valence electrons. The Morgan fingerprint density at radius 1 is 1.50 bits per heavy atom.